The summed E-state index contributed by atoms with van der Waals surface area (Å²) in [7, 11) is 0. The molecule has 0 aliphatic heterocycles. The molecule has 2 aromatic heterocycles. The van der Waals surface area contributed by atoms with E-state index >= 15 is 0 Å². The van der Waals surface area contributed by atoms with Crippen LogP contribution in [0.1, 0.15) is 5.56 Å². The number of aryl methyl sites for hydroxylation is 1. The van der Waals surface area contributed by atoms with Crippen LogP contribution in [0, 0.1) is 12.7 Å². The zero-order chi connectivity index (χ0) is 13.4. The summed E-state index contributed by atoms with van der Waals surface area (Å²) in [6.07, 6.45) is 0. The van der Waals surface area contributed by atoms with Gasteiger partial charge in [0.05, 0.1) is 11.1 Å². The van der Waals surface area contributed by atoms with Crippen LogP contribution in [-0.4, -0.2) is 5.16 Å². The van der Waals surface area contributed by atoms with E-state index in [4.69, 9.17) is 10.3 Å². The molecule has 0 saturated heterocycles. The summed E-state index contributed by atoms with van der Waals surface area (Å²) in [5.41, 5.74) is 7.71. The summed E-state index contributed by atoms with van der Waals surface area (Å²) in [5.74, 6) is 0.309. The average Bonchev–Trinajstić information content (AvgIpc) is 2.98. The fourth-order valence-electron chi connectivity index (χ4n) is 1.95. The third-order valence-corrected chi connectivity index (χ3v) is 3.74. The maximum atomic E-state index is 14.0. The summed E-state index contributed by atoms with van der Waals surface area (Å²) in [4.78, 5) is 0.911. The Balaban J connectivity index is 2.21. The quantitative estimate of drug-likeness (QED) is 0.765. The summed E-state index contributed by atoms with van der Waals surface area (Å²) in [5, 5.41) is 5.68. The van der Waals surface area contributed by atoms with Gasteiger partial charge >= 0.3 is 0 Å². The number of thiophene rings is 1. The van der Waals surface area contributed by atoms with Crippen LogP contribution in [0.3, 0.4) is 0 Å². The summed E-state index contributed by atoms with van der Waals surface area (Å²) >= 11 is 1.51. The van der Waals surface area contributed by atoms with E-state index < -0.39 is 0 Å². The van der Waals surface area contributed by atoms with Crippen LogP contribution in [0.15, 0.2) is 40.2 Å². The second-order valence-electron chi connectivity index (χ2n) is 4.23. The van der Waals surface area contributed by atoms with Crippen molar-refractivity contribution in [3.8, 4) is 21.8 Å². The molecular weight excluding hydrogens is 263 g/mol. The Hall–Kier alpha value is -2.14. The SMILES string of the molecule is Cc1ccc(-c2onc(N)c2-c2cccs2)c(F)c1. The molecule has 96 valence electrons. The molecule has 1 aromatic carbocycles. The molecule has 0 aliphatic rings. The van der Waals surface area contributed by atoms with Crippen LogP contribution in [0.4, 0.5) is 10.2 Å². The van der Waals surface area contributed by atoms with Gasteiger partial charge in [0.15, 0.2) is 11.6 Å². The number of hydrogen-bond donors (Lipinski definition) is 1. The van der Waals surface area contributed by atoms with Gasteiger partial charge in [-0.1, -0.05) is 17.3 Å². The molecule has 0 radical (unpaired) electrons. The topological polar surface area (TPSA) is 52.0 Å². The molecule has 3 nitrogen and oxygen atoms in total. The number of nitrogens with two attached hydrogens (primary N) is 1. The van der Waals surface area contributed by atoms with Gasteiger partial charge in [-0.2, -0.15) is 0 Å². The second-order valence-corrected chi connectivity index (χ2v) is 5.18. The first-order valence-electron chi connectivity index (χ1n) is 5.72. The highest BCUT2D eigenvalue weighted by Gasteiger charge is 2.20. The van der Waals surface area contributed by atoms with E-state index in [1.54, 1.807) is 6.07 Å². The van der Waals surface area contributed by atoms with E-state index in [1.807, 2.05) is 30.5 Å². The van der Waals surface area contributed by atoms with E-state index in [2.05, 4.69) is 5.16 Å². The lowest BCUT2D eigenvalue weighted by Crippen LogP contribution is -1.89. The fraction of sp³-hybridized carbons (Fsp3) is 0.0714. The molecule has 0 spiro atoms. The highest BCUT2D eigenvalue weighted by Crippen LogP contribution is 2.39. The minimum Gasteiger partial charge on any atom is -0.380 e. The number of benzene rings is 1. The summed E-state index contributed by atoms with van der Waals surface area (Å²) in [6, 6.07) is 8.79. The Bertz CT molecular complexity index is 719. The van der Waals surface area contributed by atoms with Crippen LogP contribution < -0.4 is 5.73 Å². The smallest absolute Gasteiger partial charge is 0.180 e. The first kappa shape index (κ1) is 11.9. The lowest BCUT2D eigenvalue weighted by molar-refractivity contribution is 0.433. The molecule has 0 aliphatic carbocycles. The van der Waals surface area contributed by atoms with Crippen LogP contribution in [0.2, 0.25) is 0 Å². The monoisotopic (exact) mass is 274 g/mol. The Morgan fingerprint density at radius 2 is 2.16 bits per heavy atom. The molecule has 2 N–H and O–H groups in total. The van der Waals surface area contributed by atoms with E-state index in [9.17, 15) is 4.39 Å². The van der Waals surface area contributed by atoms with Gasteiger partial charge in [0.25, 0.3) is 0 Å². The Labute approximate surface area is 113 Å². The van der Waals surface area contributed by atoms with Gasteiger partial charge in [0, 0.05) is 4.88 Å². The van der Waals surface area contributed by atoms with E-state index in [1.165, 1.54) is 17.4 Å². The standard InChI is InChI=1S/C14H11FN2OS/c1-8-4-5-9(10(15)7-8)13-12(14(16)17-18-13)11-3-2-6-19-11/h2-7H,1H3,(H2,16,17). The number of aromatic nitrogens is 1. The molecule has 0 saturated carbocycles. The van der Waals surface area contributed by atoms with Crippen molar-refractivity contribution in [2.45, 2.75) is 6.92 Å². The third kappa shape index (κ3) is 2.02. The van der Waals surface area contributed by atoms with Crippen molar-refractivity contribution in [3.63, 3.8) is 0 Å². The number of rotatable bonds is 2. The van der Waals surface area contributed by atoms with Crippen LogP contribution >= 0.6 is 11.3 Å². The molecule has 0 amide bonds. The summed E-state index contributed by atoms with van der Waals surface area (Å²) in [6.45, 7) is 1.84. The molecule has 3 rings (SSSR count). The van der Waals surface area contributed by atoms with Gasteiger partial charge in [-0.3, -0.25) is 0 Å². The molecule has 2 heterocycles. The van der Waals surface area contributed by atoms with Crippen LogP contribution in [0.25, 0.3) is 21.8 Å². The predicted molar refractivity (Wildman–Crippen MR) is 74.4 cm³/mol. The van der Waals surface area contributed by atoms with Gasteiger partial charge in [-0.05, 0) is 36.1 Å². The molecular formula is C14H11FN2OS. The molecule has 19 heavy (non-hydrogen) atoms. The number of anilines is 1. The van der Waals surface area contributed by atoms with Crippen molar-refractivity contribution < 1.29 is 8.91 Å². The maximum absolute atomic E-state index is 14.0. The number of hydrogen-bond acceptors (Lipinski definition) is 4. The fourth-order valence-corrected chi connectivity index (χ4v) is 2.73. The second kappa shape index (κ2) is 4.51. The molecule has 0 unspecified atom stereocenters. The Kier molecular flexibility index (Phi) is 2.83. The zero-order valence-electron chi connectivity index (χ0n) is 10.2. The van der Waals surface area contributed by atoms with Crippen LogP contribution in [-0.2, 0) is 0 Å². The largest absolute Gasteiger partial charge is 0.380 e. The van der Waals surface area contributed by atoms with E-state index in [0.717, 1.165) is 10.4 Å². The normalized spacial score (nSPS) is 10.8. The Morgan fingerprint density at radius 3 is 2.84 bits per heavy atom. The lowest BCUT2D eigenvalue weighted by atomic mass is 10.0. The van der Waals surface area contributed by atoms with Crippen molar-refractivity contribution in [2.75, 3.05) is 5.73 Å². The number of halogens is 1. The van der Waals surface area contributed by atoms with Gasteiger partial charge in [-0.15, -0.1) is 11.3 Å². The van der Waals surface area contributed by atoms with Crippen LogP contribution in [0.5, 0.6) is 0 Å². The maximum Gasteiger partial charge on any atom is 0.180 e. The summed E-state index contributed by atoms with van der Waals surface area (Å²) < 4.78 is 19.3. The highest BCUT2D eigenvalue weighted by atomic mass is 32.1. The minimum absolute atomic E-state index is 0.275. The van der Waals surface area contributed by atoms with Gasteiger partial charge < -0.3 is 10.3 Å². The Morgan fingerprint density at radius 1 is 1.32 bits per heavy atom. The van der Waals surface area contributed by atoms with Crippen molar-refractivity contribution in [2.24, 2.45) is 0 Å². The third-order valence-electron chi connectivity index (χ3n) is 2.86. The van der Waals surface area contributed by atoms with Gasteiger partial charge in [0.2, 0.25) is 0 Å². The molecule has 0 bridgehead atoms. The first-order chi connectivity index (χ1) is 9.16. The number of nitrogens with zero attached hydrogens (tertiary/aromatic N) is 1. The molecule has 3 aromatic rings. The van der Waals surface area contributed by atoms with Crippen molar-refractivity contribution in [1.29, 1.82) is 0 Å². The highest BCUT2D eigenvalue weighted by molar-refractivity contribution is 7.13. The van der Waals surface area contributed by atoms with Crippen molar-refractivity contribution in [3.05, 3.63) is 47.1 Å². The van der Waals surface area contributed by atoms with Gasteiger partial charge in [-0.25, -0.2) is 4.39 Å². The van der Waals surface area contributed by atoms with E-state index in [0.29, 0.717) is 16.9 Å². The van der Waals surface area contributed by atoms with Crippen molar-refractivity contribution in [1.82, 2.24) is 5.16 Å². The van der Waals surface area contributed by atoms with Gasteiger partial charge in [0.1, 0.15) is 5.82 Å². The molecule has 0 atom stereocenters. The minimum atomic E-state index is -0.339. The number of nitrogen functional groups attached to an aromatic ring is 1. The first-order valence-corrected chi connectivity index (χ1v) is 6.60. The van der Waals surface area contributed by atoms with Crippen molar-refractivity contribution >= 4 is 17.2 Å². The lowest BCUT2D eigenvalue weighted by Gasteiger charge is -2.02. The molecule has 0 fully saturated rings. The average molecular weight is 274 g/mol. The predicted octanol–water partition coefficient (Wildman–Crippen LogP) is 4.10. The van der Waals surface area contributed by atoms with E-state index in [-0.39, 0.29) is 11.6 Å². The zero-order valence-corrected chi connectivity index (χ0v) is 11.0. The molecule has 5 heteroatoms.